The van der Waals surface area contributed by atoms with E-state index in [1.165, 1.54) is 3.57 Å². The molecule has 1 aliphatic heterocycles. The highest BCUT2D eigenvalue weighted by Crippen LogP contribution is 2.08. The Morgan fingerprint density at radius 2 is 2.21 bits per heavy atom. The van der Waals surface area contributed by atoms with Gasteiger partial charge in [0.2, 0.25) is 0 Å². The summed E-state index contributed by atoms with van der Waals surface area (Å²) in [4.78, 5) is 6.72. The molecular formula is C10H13IN2O. The van der Waals surface area contributed by atoms with Crippen LogP contribution >= 0.6 is 22.6 Å². The molecule has 0 amide bonds. The average Bonchev–Trinajstić information content (AvgIpc) is 2.19. The van der Waals surface area contributed by atoms with Crippen molar-refractivity contribution in [1.29, 1.82) is 0 Å². The SMILES string of the molecule is Ic1ccnc(CN2CCOCC2)c1. The molecule has 4 heteroatoms. The molecule has 0 bridgehead atoms. The average molecular weight is 304 g/mol. The van der Waals surface area contributed by atoms with Crippen molar-refractivity contribution in [1.82, 2.24) is 9.88 Å². The summed E-state index contributed by atoms with van der Waals surface area (Å²) in [7, 11) is 0. The first-order valence-corrected chi connectivity index (χ1v) is 5.83. The molecule has 0 atom stereocenters. The van der Waals surface area contributed by atoms with Gasteiger partial charge in [0.05, 0.1) is 18.9 Å². The molecule has 1 aliphatic rings. The lowest BCUT2D eigenvalue weighted by atomic mass is 10.3. The minimum Gasteiger partial charge on any atom is -0.379 e. The molecule has 0 unspecified atom stereocenters. The number of hydrogen-bond acceptors (Lipinski definition) is 3. The second kappa shape index (κ2) is 5.04. The van der Waals surface area contributed by atoms with Gasteiger partial charge in [-0.3, -0.25) is 9.88 Å². The van der Waals surface area contributed by atoms with Crippen LogP contribution < -0.4 is 0 Å². The molecule has 2 heterocycles. The van der Waals surface area contributed by atoms with E-state index in [1.54, 1.807) is 0 Å². The number of ether oxygens (including phenoxy) is 1. The summed E-state index contributed by atoms with van der Waals surface area (Å²) < 4.78 is 6.55. The highest BCUT2D eigenvalue weighted by Gasteiger charge is 2.10. The summed E-state index contributed by atoms with van der Waals surface area (Å²) in [6.45, 7) is 4.69. The van der Waals surface area contributed by atoms with Gasteiger partial charge in [0, 0.05) is 29.4 Å². The Morgan fingerprint density at radius 3 is 2.93 bits per heavy atom. The summed E-state index contributed by atoms with van der Waals surface area (Å²) in [6, 6.07) is 4.15. The van der Waals surface area contributed by atoms with Crippen molar-refractivity contribution in [2.75, 3.05) is 26.3 Å². The molecule has 0 aromatic carbocycles. The number of aromatic nitrogens is 1. The summed E-state index contributed by atoms with van der Waals surface area (Å²) in [5.74, 6) is 0. The zero-order valence-electron chi connectivity index (χ0n) is 7.95. The standard InChI is InChI=1S/C10H13IN2O/c11-9-1-2-12-10(7-9)8-13-3-5-14-6-4-13/h1-2,7H,3-6,8H2. The molecule has 2 rings (SSSR count). The van der Waals surface area contributed by atoms with Crippen molar-refractivity contribution in [2.24, 2.45) is 0 Å². The van der Waals surface area contributed by atoms with Crippen LogP contribution in [-0.4, -0.2) is 36.2 Å². The molecule has 0 saturated carbocycles. The third kappa shape index (κ3) is 2.90. The second-order valence-corrected chi connectivity index (χ2v) is 4.60. The first-order chi connectivity index (χ1) is 6.84. The van der Waals surface area contributed by atoms with E-state index in [1.807, 2.05) is 12.3 Å². The zero-order valence-corrected chi connectivity index (χ0v) is 10.1. The van der Waals surface area contributed by atoms with Gasteiger partial charge in [-0.15, -0.1) is 0 Å². The quantitative estimate of drug-likeness (QED) is 0.775. The number of morpholine rings is 1. The van der Waals surface area contributed by atoms with E-state index in [0.29, 0.717) is 0 Å². The third-order valence-corrected chi connectivity index (χ3v) is 2.94. The third-order valence-electron chi connectivity index (χ3n) is 2.27. The van der Waals surface area contributed by atoms with Crippen molar-refractivity contribution in [3.8, 4) is 0 Å². The predicted molar refractivity (Wildman–Crippen MR) is 63.1 cm³/mol. The minimum atomic E-state index is 0.851. The molecule has 0 spiro atoms. The van der Waals surface area contributed by atoms with Gasteiger partial charge in [0.1, 0.15) is 0 Å². The van der Waals surface area contributed by atoms with Gasteiger partial charge in [-0.2, -0.15) is 0 Å². The summed E-state index contributed by atoms with van der Waals surface area (Å²) in [6.07, 6.45) is 1.87. The monoisotopic (exact) mass is 304 g/mol. The molecule has 1 saturated heterocycles. The van der Waals surface area contributed by atoms with Crippen molar-refractivity contribution in [3.05, 3.63) is 27.6 Å². The molecule has 0 aliphatic carbocycles. The molecule has 76 valence electrons. The topological polar surface area (TPSA) is 25.4 Å². The van der Waals surface area contributed by atoms with Crippen LogP contribution in [0.5, 0.6) is 0 Å². The summed E-state index contributed by atoms with van der Waals surface area (Å²) in [5.41, 5.74) is 1.15. The number of nitrogens with zero attached hydrogens (tertiary/aromatic N) is 2. The molecular weight excluding hydrogens is 291 g/mol. The van der Waals surface area contributed by atoms with Crippen LogP contribution in [0, 0.1) is 3.57 Å². The fraction of sp³-hybridized carbons (Fsp3) is 0.500. The fourth-order valence-electron chi connectivity index (χ4n) is 1.52. The van der Waals surface area contributed by atoms with Gasteiger partial charge in [-0.05, 0) is 34.7 Å². The number of hydrogen-bond donors (Lipinski definition) is 0. The Bertz CT molecular complexity index is 300. The zero-order chi connectivity index (χ0) is 9.80. The van der Waals surface area contributed by atoms with E-state index >= 15 is 0 Å². The van der Waals surface area contributed by atoms with Crippen molar-refractivity contribution >= 4 is 22.6 Å². The van der Waals surface area contributed by atoms with Crippen LogP contribution in [0.4, 0.5) is 0 Å². The van der Waals surface area contributed by atoms with Crippen LogP contribution in [0.15, 0.2) is 18.3 Å². The van der Waals surface area contributed by atoms with Crippen LogP contribution in [-0.2, 0) is 11.3 Å². The lowest BCUT2D eigenvalue weighted by molar-refractivity contribution is 0.0336. The molecule has 1 aromatic heterocycles. The highest BCUT2D eigenvalue weighted by molar-refractivity contribution is 14.1. The Labute approximate surface area is 97.6 Å². The maximum atomic E-state index is 5.30. The smallest absolute Gasteiger partial charge is 0.0594 e. The van der Waals surface area contributed by atoms with E-state index in [4.69, 9.17) is 4.74 Å². The molecule has 1 aromatic rings. The maximum absolute atomic E-state index is 5.30. The lowest BCUT2D eigenvalue weighted by Crippen LogP contribution is -2.35. The Kier molecular flexibility index (Phi) is 3.72. The normalized spacial score (nSPS) is 18.4. The van der Waals surface area contributed by atoms with E-state index < -0.39 is 0 Å². The first-order valence-electron chi connectivity index (χ1n) is 4.75. The number of pyridine rings is 1. The number of rotatable bonds is 2. The van der Waals surface area contributed by atoms with Gasteiger partial charge in [-0.1, -0.05) is 0 Å². The molecule has 14 heavy (non-hydrogen) atoms. The Morgan fingerprint density at radius 1 is 1.43 bits per heavy atom. The lowest BCUT2D eigenvalue weighted by Gasteiger charge is -2.26. The second-order valence-electron chi connectivity index (χ2n) is 3.35. The number of halogens is 1. The summed E-state index contributed by atoms with van der Waals surface area (Å²) in [5, 5.41) is 0. The Balaban J connectivity index is 1.95. The van der Waals surface area contributed by atoms with Crippen LogP contribution in [0.1, 0.15) is 5.69 Å². The van der Waals surface area contributed by atoms with Gasteiger partial charge >= 0.3 is 0 Å². The fourth-order valence-corrected chi connectivity index (χ4v) is 2.04. The van der Waals surface area contributed by atoms with Crippen LogP contribution in [0.3, 0.4) is 0 Å². The van der Waals surface area contributed by atoms with E-state index in [0.717, 1.165) is 38.5 Å². The highest BCUT2D eigenvalue weighted by atomic mass is 127. The maximum Gasteiger partial charge on any atom is 0.0594 e. The van der Waals surface area contributed by atoms with Gasteiger partial charge < -0.3 is 4.74 Å². The van der Waals surface area contributed by atoms with Gasteiger partial charge in [-0.25, -0.2) is 0 Å². The van der Waals surface area contributed by atoms with E-state index in [-0.39, 0.29) is 0 Å². The molecule has 3 nitrogen and oxygen atoms in total. The molecule has 0 N–H and O–H groups in total. The predicted octanol–water partition coefficient (Wildman–Crippen LogP) is 1.52. The van der Waals surface area contributed by atoms with Crippen LogP contribution in [0.25, 0.3) is 0 Å². The van der Waals surface area contributed by atoms with Crippen molar-refractivity contribution in [2.45, 2.75) is 6.54 Å². The molecule has 1 fully saturated rings. The van der Waals surface area contributed by atoms with E-state index in [9.17, 15) is 0 Å². The summed E-state index contributed by atoms with van der Waals surface area (Å²) >= 11 is 2.32. The largest absolute Gasteiger partial charge is 0.379 e. The van der Waals surface area contributed by atoms with E-state index in [2.05, 4.69) is 38.5 Å². The first kappa shape index (κ1) is 10.3. The van der Waals surface area contributed by atoms with Crippen molar-refractivity contribution in [3.63, 3.8) is 0 Å². The van der Waals surface area contributed by atoms with Gasteiger partial charge in [0.15, 0.2) is 0 Å². The van der Waals surface area contributed by atoms with Crippen LogP contribution in [0.2, 0.25) is 0 Å². The Hall–Kier alpha value is -0.200. The molecule has 0 radical (unpaired) electrons. The minimum absolute atomic E-state index is 0.851. The van der Waals surface area contributed by atoms with Crippen molar-refractivity contribution < 1.29 is 4.74 Å². The van der Waals surface area contributed by atoms with Gasteiger partial charge in [0.25, 0.3) is 0 Å².